The molecule has 0 aromatic heterocycles. The smallest absolute Gasteiger partial charge is 0.162 e. The Labute approximate surface area is 230 Å². The molecular weight excluding hydrogens is 488 g/mol. The zero-order valence-electron chi connectivity index (χ0n) is 21.9. The van der Waals surface area contributed by atoms with Gasteiger partial charge in [0.2, 0.25) is 0 Å². The fourth-order valence-corrected chi connectivity index (χ4v) is 4.41. The van der Waals surface area contributed by atoms with E-state index in [0.29, 0.717) is 38.8 Å². The summed E-state index contributed by atoms with van der Waals surface area (Å²) >= 11 is 0. The summed E-state index contributed by atoms with van der Waals surface area (Å²) in [4.78, 5) is 0. The summed E-state index contributed by atoms with van der Waals surface area (Å²) in [5.74, 6) is 0.604. The lowest BCUT2D eigenvalue weighted by molar-refractivity contribution is -0.167. The molecule has 0 saturated carbocycles. The van der Waals surface area contributed by atoms with Gasteiger partial charge in [0.1, 0.15) is 25.1 Å². The predicted octanol–water partition coefficient (Wildman–Crippen LogP) is 6.83. The zero-order valence-corrected chi connectivity index (χ0v) is 21.9. The minimum atomic E-state index is -0.475. The fourth-order valence-electron chi connectivity index (χ4n) is 4.41. The van der Waals surface area contributed by atoms with Crippen molar-refractivity contribution in [3.8, 4) is 0 Å². The van der Waals surface area contributed by atoms with Crippen LogP contribution in [0.1, 0.15) is 22.3 Å². The van der Waals surface area contributed by atoms with Gasteiger partial charge in [-0.2, -0.15) is 0 Å². The highest BCUT2D eigenvalue weighted by Gasteiger charge is 2.40. The molecule has 5 heteroatoms. The lowest BCUT2D eigenvalue weighted by atomic mass is 10.0. The van der Waals surface area contributed by atoms with E-state index in [0.717, 1.165) is 22.3 Å². The fraction of sp³-hybridized carbons (Fsp3) is 0.235. The number of hydrogen-bond acceptors (Lipinski definition) is 5. The van der Waals surface area contributed by atoms with Crippen LogP contribution < -0.4 is 0 Å². The van der Waals surface area contributed by atoms with Crippen molar-refractivity contribution in [3.05, 3.63) is 156 Å². The number of rotatable bonds is 13. The van der Waals surface area contributed by atoms with Crippen molar-refractivity contribution in [2.45, 2.75) is 44.7 Å². The largest absolute Gasteiger partial charge is 0.489 e. The molecule has 5 rings (SSSR count). The molecule has 1 aliphatic heterocycles. The van der Waals surface area contributed by atoms with Crippen LogP contribution in [-0.2, 0) is 50.1 Å². The summed E-state index contributed by atoms with van der Waals surface area (Å²) in [5, 5.41) is 0. The third-order valence-electron chi connectivity index (χ3n) is 6.50. The average molecular weight is 523 g/mol. The molecule has 0 spiro atoms. The van der Waals surface area contributed by atoms with E-state index in [2.05, 4.69) is 0 Å². The van der Waals surface area contributed by atoms with Crippen LogP contribution in [0, 0.1) is 0 Å². The van der Waals surface area contributed by atoms with Crippen LogP contribution in [0.3, 0.4) is 0 Å². The van der Waals surface area contributed by atoms with E-state index in [1.54, 1.807) is 6.26 Å². The molecule has 4 aromatic rings. The summed E-state index contributed by atoms with van der Waals surface area (Å²) in [7, 11) is 0. The Morgan fingerprint density at radius 3 is 1.51 bits per heavy atom. The molecule has 0 bridgehead atoms. The van der Waals surface area contributed by atoms with Gasteiger partial charge >= 0.3 is 0 Å². The van der Waals surface area contributed by atoms with Gasteiger partial charge in [-0.05, 0) is 22.3 Å². The van der Waals surface area contributed by atoms with Crippen LogP contribution >= 0.6 is 0 Å². The molecule has 0 radical (unpaired) electrons. The number of ether oxygens (including phenoxy) is 5. The first-order valence-electron chi connectivity index (χ1n) is 13.3. The Morgan fingerprint density at radius 1 is 0.513 bits per heavy atom. The molecule has 4 aromatic carbocycles. The maximum atomic E-state index is 6.52. The third kappa shape index (κ3) is 8.04. The van der Waals surface area contributed by atoms with E-state index in [1.807, 2.05) is 121 Å². The molecule has 0 aliphatic carbocycles. The van der Waals surface area contributed by atoms with E-state index in [4.69, 9.17) is 23.7 Å². The summed E-state index contributed by atoms with van der Waals surface area (Å²) in [6, 6.07) is 40.4. The molecule has 0 fully saturated rings. The summed E-state index contributed by atoms with van der Waals surface area (Å²) in [6.45, 7) is 2.08. The zero-order chi connectivity index (χ0) is 26.5. The minimum Gasteiger partial charge on any atom is -0.489 e. The monoisotopic (exact) mass is 522 g/mol. The molecule has 1 aliphatic rings. The van der Waals surface area contributed by atoms with Crippen molar-refractivity contribution >= 4 is 0 Å². The van der Waals surface area contributed by atoms with Gasteiger partial charge in [-0.25, -0.2) is 0 Å². The second-order valence-electron chi connectivity index (χ2n) is 9.45. The van der Waals surface area contributed by atoms with Gasteiger partial charge in [-0.15, -0.1) is 0 Å². The van der Waals surface area contributed by atoms with Crippen LogP contribution in [0.15, 0.2) is 133 Å². The Balaban J connectivity index is 1.34. The third-order valence-corrected chi connectivity index (χ3v) is 6.50. The first kappa shape index (κ1) is 26.7. The normalized spacial score (nSPS) is 18.7. The van der Waals surface area contributed by atoms with E-state index in [-0.39, 0.29) is 6.10 Å². The lowest BCUT2D eigenvalue weighted by Crippen LogP contribution is -2.48. The molecule has 200 valence electrons. The summed E-state index contributed by atoms with van der Waals surface area (Å²) < 4.78 is 31.6. The quantitative estimate of drug-likeness (QED) is 0.193. The second kappa shape index (κ2) is 14.3. The van der Waals surface area contributed by atoms with Crippen molar-refractivity contribution in [2.24, 2.45) is 0 Å². The maximum Gasteiger partial charge on any atom is 0.162 e. The topological polar surface area (TPSA) is 46.2 Å². The highest BCUT2D eigenvalue weighted by Crippen LogP contribution is 2.29. The van der Waals surface area contributed by atoms with Crippen molar-refractivity contribution in [1.82, 2.24) is 0 Å². The molecule has 1 heterocycles. The lowest BCUT2D eigenvalue weighted by Gasteiger charge is -2.37. The average Bonchev–Trinajstić information content (AvgIpc) is 3.00. The maximum absolute atomic E-state index is 6.52. The molecule has 0 N–H and O–H groups in total. The van der Waals surface area contributed by atoms with Crippen LogP contribution in [-0.4, -0.2) is 24.9 Å². The second-order valence-corrected chi connectivity index (χ2v) is 9.45. The number of benzene rings is 4. The van der Waals surface area contributed by atoms with Gasteiger partial charge in [-0.1, -0.05) is 121 Å². The van der Waals surface area contributed by atoms with E-state index >= 15 is 0 Å². The Morgan fingerprint density at radius 2 is 0.974 bits per heavy atom. The van der Waals surface area contributed by atoms with Gasteiger partial charge < -0.3 is 23.7 Å². The van der Waals surface area contributed by atoms with Gasteiger partial charge in [0.15, 0.2) is 11.9 Å². The van der Waals surface area contributed by atoms with Crippen molar-refractivity contribution < 1.29 is 23.7 Å². The van der Waals surface area contributed by atoms with Crippen molar-refractivity contribution in [1.29, 1.82) is 0 Å². The van der Waals surface area contributed by atoms with Crippen LogP contribution in [0.5, 0.6) is 0 Å². The standard InChI is InChI=1S/C34H34O5/c1-5-13-27(14-6-1)21-35-25-31-33(38-23-29-17-9-3-10-18-29)34(39-24-30-19-11-4-12-20-30)32(26-37-31)36-22-28-15-7-2-8-16-28/h1-20,26,31,33-34H,21-25H2/t31?,33-,34+/m0/s1. The van der Waals surface area contributed by atoms with Crippen molar-refractivity contribution in [2.75, 3.05) is 6.61 Å². The SMILES string of the molecule is C1=C(OCc2ccccc2)[C@@H](OCc2ccccc2)[C@@H](OCc2ccccc2)C(COCc2ccccc2)O1. The molecule has 0 amide bonds. The highest BCUT2D eigenvalue weighted by atomic mass is 16.6. The Bertz CT molecular complexity index is 1260. The van der Waals surface area contributed by atoms with Gasteiger partial charge in [0, 0.05) is 0 Å². The minimum absolute atomic E-state index is 0.349. The summed E-state index contributed by atoms with van der Waals surface area (Å²) in [6.07, 6.45) is 0.372. The molecule has 3 atom stereocenters. The van der Waals surface area contributed by atoms with Gasteiger partial charge in [0.25, 0.3) is 0 Å². The van der Waals surface area contributed by atoms with Crippen molar-refractivity contribution in [3.63, 3.8) is 0 Å². The van der Waals surface area contributed by atoms with Crippen LogP contribution in [0.25, 0.3) is 0 Å². The Hall–Kier alpha value is -3.90. The van der Waals surface area contributed by atoms with Gasteiger partial charge in [-0.3, -0.25) is 0 Å². The highest BCUT2D eigenvalue weighted by molar-refractivity contribution is 5.18. The van der Waals surface area contributed by atoms with E-state index in [1.165, 1.54) is 0 Å². The molecule has 0 saturated heterocycles. The van der Waals surface area contributed by atoms with E-state index < -0.39 is 12.2 Å². The molecule has 5 nitrogen and oxygen atoms in total. The molecular formula is C34H34O5. The summed E-state index contributed by atoms with van der Waals surface area (Å²) in [5.41, 5.74) is 4.32. The first-order chi connectivity index (χ1) is 19.3. The molecule has 1 unspecified atom stereocenters. The van der Waals surface area contributed by atoms with E-state index in [9.17, 15) is 0 Å². The first-order valence-corrected chi connectivity index (χ1v) is 13.3. The predicted molar refractivity (Wildman–Crippen MR) is 150 cm³/mol. The van der Waals surface area contributed by atoms with Crippen LogP contribution in [0.2, 0.25) is 0 Å². The van der Waals surface area contributed by atoms with Gasteiger partial charge in [0.05, 0.1) is 26.4 Å². The Kier molecular flexibility index (Phi) is 9.79. The number of hydrogen-bond donors (Lipinski definition) is 0. The van der Waals surface area contributed by atoms with Crippen LogP contribution in [0.4, 0.5) is 0 Å². The molecule has 39 heavy (non-hydrogen) atoms.